The number of methoxy groups -OCH3 is 1. The highest BCUT2D eigenvalue weighted by Crippen LogP contribution is 2.22. The maximum atomic E-state index is 12.1. The van der Waals surface area contributed by atoms with Gasteiger partial charge in [-0.25, -0.2) is 0 Å². The smallest absolute Gasteiger partial charge is 0.276 e. The number of carbonyl (C=O) groups excluding carboxylic acids is 2. The largest absolute Gasteiger partial charge is 0.497 e. The number of ether oxygens (including phenoxy) is 2. The fraction of sp³-hybridized carbons (Fsp3) is 0.176. The summed E-state index contributed by atoms with van der Waals surface area (Å²) in [7, 11) is 1.50. The molecule has 0 aromatic heterocycles. The standard InChI is InChI=1S/C17H16BrClN2O4/c1-10-7-12(4-6-15(10)19)25-9-16(22)20-21-17(23)13-8-11(24-2)3-5-14(13)18/h3-8H,9H2,1-2H3,(H,20,22)(H,21,23). The molecule has 2 N–H and O–H groups in total. The highest BCUT2D eigenvalue weighted by Gasteiger charge is 2.12. The summed E-state index contributed by atoms with van der Waals surface area (Å²) in [6, 6.07) is 10.0. The third-order valence-corrected chi connectivity index (χ3v) is 4.35. The molecule has 2 amide bonds. The van der Waals surface area contributed by atoms with Crippen LogP contribution in [0.4, 0.5) is 0 Å². The second-order valence-electron chi connectivity index (χ2n) is 5.05. The van der Waals surface area contributed by atoms with E-state index >= 15 is 0 Å². The van der Waals surface area contributed by atoms with Crippen LogP contribution < -0.4 is 20.3 Å². The fourth-order valence-electron chi connectivity index (χ4n) is 1.89. The molecule has 25 heavy (non-hydrogen) atoms. The summed E-state index contributed by atoms with van der Waals surface area (Å²) >= 11 is 9.20. The van der Waals surface area contributed by atoms with E-state index in [4.69, 9.17) is 21.1 Å². The predicted molar refractivity (Wildman–Crippen MR) is 98.0 cm³/mol. The number of hydrogen-bond donors (Lipinski definition) is 2. The van der Waals surface area contributed by atoms with Crippen molar-refractivity contribution in [3.05, 3.63) is 57.0 Å². The number of rotatable bonds is 5. The molecule has 2 rings (SSSR count). The molecule has 6 nitrogen and oxygen atoms in total. The van der Waals surface area contributed by atoms with Gasteiger partial charge in [0, 0.05) is 9.50 Å². The molecular formula is C17H16BrClN2O4. The Labute approximate surface area is 158 Å². The van der Waals surface area contributed by atoms with Crippen LogP contribution in [0.15, 0.2) is 40.9 Å². The monoisotopic (exact) mass is 426 g/mol. The molecule has 0 atom stereocenters. The summed E-state index contributed by atoms with van der Waals surface area (Å²) in [5.74, 6) is 0.0569. The first kappa shape index (κ1) is 19.1. The lowest BCUT2D eigenvalue weighted by Crippen LogP contribution is -2.43. The van der Waals surface area contributed by atoms with Gasteiger partial charge in [-0.05, 0) is 64.8 Å². The zero-order chi connectivity index (χ0) is 18.4. The molecule has 0 radical (unpaired) electrons. The summed E-state index contributed by atoms with van der Waals surface area (Å²) in [4.78, 5) is 23.9. The maximum Gasteiger partial charge on any atom is 0.276 e. The van der Waals surface area contributed by atoms with E-state index in [0.717, 1.165) is 5.56 Å². The summed E-state index contributed by atoms with van der Waals surface area (Å²) in [6.45, 7) is 1.59. The van der Waals surface area contributed by atoms with Crippen LogP contribution in [-0.2, 0) is 4.79 Å². The molecule has 0 aliphatic rings. The number of hydrazine groups is 1. The zero-order valence-electron chi connectivity index (χ0n) is 13.6. The van der Waals surface area contributed by atoms with Gasteiger partial charge in [-0.1, -0.05) is 11.6 Å². The van der Waals surface area contributed by atoms with Gasteiger partial charge < -0.3 is 9.47 Å². The normalized spacial score (nSPS) is 10.1. The lowest BCUT2D eigenvalue weighted by atomic mass is 10.2. The van der Waals surface area contributed by atoms with Gasteiger partial charge in [-0.15, -0.1) is 0 Å². The van der Waals surface area contributed by atoms with E-state index in [2.05, 4.69) is 26.8 Å². The number of hydrogen-bond acceptors (Lipinski definition) is 4. The Bertz CT molecular complexity index is 798. The molecule has 132 valence electrons. The van der Waals surface area contributed by atoms with Crippen LogP contribution in [0.1, 0.15) is 15.9 Å². The Kier molecular flexibility index (Phi) is 6.66. The summed E-state index contributed by atoms with van der Waals surface area (Å²) < 4.78 is 11.0. The van der Waals surface area contributed by atoms with Crippen molar-refractivity contribution in [2.24, 2.45) is 0 Å². The quantitative estimate of drug-likeness (QED) is 0.718. The van der Waals surface area contributed by atoms with Crippen molar-refractivity contribution < 1.29 is 19.1 Å². The van der Waals surface area contributed by atoms with Crippen LogP contribution in [0.2, 0.25) is 5.02 Å². The minimum absolute atomic E-state index is 0.249. The van der Waals surface area contributed by atoms with Crippen LogP contribution >= 0.6 is 27.5 Å². The summed E-state index contributed by atoms with van der Waals surface area (Å²) in [5.41, 5.74) is 5.78. The molecule has 0 aliphatic heterocycles. The highest BCUT2D eigenvalue weighted by molar-refractivity contribution is 9.10. The lowest BCUT2D eigenvalue weighted by molar-refractivity contribution is -0.123. The van der Waals surface area contributed by atoms with Crippen molar-refractivity contribution in [2.75, 3.05) is 13.7 Å². The van der Waals surface area contributed by atoms with Crippen LogP contribution in [0.25, 0.3) is 0 Å². The van der Waals surface area contributed by atoms with Crippen molar-refractivity contribution in [3.8, 4) is 11.5 Å². The van der Waals surface area contributed by atoms with Gasteiger partial charge >= 0.3 is 0 Å². The van der Waals surface area contributed by atoms with E-state index in [1.165, 1.54) is 7.11 Å². The number of nitrogens with one attached hydrogen (secondary N) is 2. The molecule has 0 aliphatic carbocycles. The number of carbonyl (C=O) groups is 2. The summed E-state index contributed by atoms with van der Waals surface area (Å²) in [5, 5.41) is 0.618. The molecule has 0 spiro atoms. The Morgan fingerprint density at radius 2 is 1.84 bits per heavy atom. The molecule has 2 aromatic carbocycles. The molecule has 8 heteroatoms. The molecule has 0 unspecified atom stereocenters. The Hall–Kier alpha value is -2.25. The van der Waals surface area contributed by atoms with Crippen LogP contribution in [0, 0.1) is 6.92 Å². The van der Waals surface area contributed by atoms with Crippen molar-refractivity contribution in [1.82, 2.24) is 10.9 Å². The third-order valence-electron chi connectivity index (χ3n) is 3.23. The molecular weight excluding hydrogens is 412 g/mol. The Morgan fingerprint density at radius 3 is 2.52 bits per heavy atom. The second-order valence-corrected chi connectivity index (χ2v) is 6.31. The van der Waals surface area contributed by atoms with E-state index in [1.807, 2.05) is 6.92 Å². The number of amides is 2. The minimum Gasteiger partial charge on any atom is -0.497 e. The van der Waals surface area contributed by atoms with Crippen molar-refractivity contribution >= 4 is 39.3 Å². The average Bonchev–Trinajstić information content (AvgIpc) is 2.61. The van der Waals surface area contributed by atoms with Gasteiger partial charge in [-0.2, -0.15) is 0 Å². The second kappa shape index (κ2) is 8.73. The first-order valence-electron chi connectivity index (χ1n) is 7.22. The molecule has 0 saturated heterocycles. The van der Waals surface area contributed by atoms with Crippen LogP contribution in [0.3, 0.4) is 0 Å². The SMILES string of the molecule is COc1ccc(Br)c(C(=O)NNC(=O)COc2ccc(Cl)c(C)c2)c1. The van der Waals surface area contributed by atoms with E-state index in [9.17, 15) is 9.59 Å². The molecule has 0 saturated carbocycles. The average molecular weight is 428 g/mol. The summed E-state index contributed by atoms with van der Waals surface area (Å²) in [6.07, 6.45) is 0. The lowest BCUT2D eigenvalue weighted by Gasteiger charge is -2.11. The van der Waals surface area contributed by atoms with Crippen molar-refractivity contribution in [1.29, 1.82) is 0 Å². The van der Waals surface area contributed by atoms with E-state index in [1.54, 1.807) is 36.4 Å². The van der Waals surface area contributed by atoms with E-state index < -0.39 is 11.8 Å². The molecule has 0 bridgehead atoms. The molecule has 2 aromatic rings. The fourth-order valence-corrected chi connectivity index (χ4v) is 2.44. The molecule has 0 fully saturated rings. The maximum absolute atomic E-state index is 12.1. The first-order valence-corrected chi connectivity index (χ1v) is 8.39. The van der Waals surface area contributed by atoms with Gasteiger partial charge in [0.25, 0.3) is 11.8 Å². The number of halogens is 2. The third kappa shape index (κ3) is 5.37. The predicted octanol–water partition coefficient (Wildman–Crippen LogP) is 3.26. The Balaban J connectivity index is 1.87. The van der Waals surface area contributed by atoms with Gasteiger partial charge in [0.05, 0.1) is 12.7 Å². The van der Waals surface area contributed by atoms with E-state index in [-0.39, 0.29) is 6.61 Å². The van der Waals surface area contributed by atoms with Gasteiger partial charge in [0.2, 0.25) is 0 Å². The minimum atomic E-state index is -0.500. The first-order chi connectivity index (χ1) is 11.9. The van der Waals surface area contributed by atoms with Crippen molar-refractivity contribution in [2.45, 2.75) is 6.92 Å². The van der Waals surface area contributed by atoms with Crippen molar-refractivity contribution in [3.63, 3.8) is 0 Å². The highest BCUT2D eigenvalue weighted by atomic mass is 79.9. The van der Waals surface area contributed by atoms with Crippen LogP contribution in [-0.4, -0.2) is 25.5 Å². The van der Waals surface area contributed by atoms with Gasteiger partial charge in [0.1, 0.15) is 11.5 Å². The van der Waals surface area contributed by atoms with E-state index in [0.29, 0.717) is 26.6 Å². The van der Waals surface area contributed by atoms with Gasteiger partial charge in [-0.3, -0.25) is 20.4 Å². The Morgan fingerprint density at radius 1 is 1.12 bits per heavy atom. The van der Waals surface area contributed by atoms with Gasteiger partial charge in [0.15, 0.2) is 6.61 Å². The molecule has 0 heterocycles. The zero-order valence-corrected chi connectivity index (χ0v) is 15.9. The topological polar surface area (TPSA) is 76.7 Å². The number of benzene rings is 2. The number of aryl methyl sites for hydroxylation is 1. The van der Waals surface area contributed by atoms with Crippen LogP contribution in [0.5, 0.6) is 11.5 Å².